The predicted octanol–water partition coefficient (Wildman–Crippen LogP) is 2.68. The first-order valence-electron chi connectivity index (χ1n) is 7.76. The van der Waals surface area contributed by atoms with Gasteiger partial charge in [0.2, 0.25) is 11.8 Å². The van der Waals surface area contributed by atoms with Crippen LogP contribution in [0.25, 0.3) is 0 Å². The van der Waals surface area contributed by atoms with Crippen molar-refractivity contribution in [3.63, 3.8) is 0 Å². The fourth-order valence-electron chi connectivity index (χ4n) is 3.24. The third kappa shape index (κ3) is 2.40. The summed E-state index contributed by atoms with van der Waals surface area (Å²) in [6.45, 7) is 0.822. The molecule has 2 aromatic carbocycles. The Morgan fingerprint density at radius 2 is 2.08 bits per heavy atom. The summed E-state index contributed by atoms with van der Waals surface area (Å²) in [4.78, 5) is 26.7. The van der Waals surface area contributed by atoms with Gasteiger partial charge in [-0.1, -0.05) is 18.2 Å². The second kappa shape index (κ2) is 5.63. The zero-order valence-corrected chi connectivity index (χ0v) is 12.8. The van der Waals surface area contributed by atoms with E-state index >= 15 is 0 Å². The highest BCUT2D eigenvalue weighted by Gasteiger charge is 2.35. The van der Waals surface area contributed by atoms with Gasteiger partial charge in [0.15, 0.2) is 0 Å². The van der Waals surface area contributed by atoms with Gasteiger partial charge in [-0.3, -0.25) is 9.59 Å². The second-order valence-electron chi connectivity index (χ2n) is 5.84. The van der Waals surface area contributed by atoms with Gasteiger partial charge in [-0.05, 0) is 29.8 Å². The molecule has 2 aliphatic heterocycles. The van der Waals surface area contributed by atoms with Gasteiger partial charge < -0.3 is 15.0 Å². The van der Waals surface area contributed by atoms with Gasteiger partial charge in [-0.25, -0.2) is 4.39 Å². The molecule has 2 amide bonds. The van der Waals surface area contributed by atoms with Crippen LogP contribution in [0.4, 0.5) is 15.8 Å². The first-order valence-corrected chi connectivity index (χ1v) is 7.76. The summed E-state index contributed by atoms with van der Waals surface area (Å²) in [6.07, 6.45) is 0.0526. The number of rotatable bonds is 1. The number of anilines is 2. The number of carbonyl (C=O) groups excluding carboxylic acids is 2. The maximum Gasteiger partial charge on any atom is 0.235 e. The highest BCUT2D eigenvalue weighted by atomic mass is 19.1. The van der Waals surface area contributed by atoms with Crippen LogP contribution in [-0.4, -0.2) is 25.0 Å². The van der Waals surface area contributed by atoms with Gasteiger partial charge in [0.25, 0.3) is 0 Å². The molecule has 1 N–H and O–H groups in total. The fourth-order valence-corrected chi connectivity index (χ4v) is 3.24. The lowest BCUT2D eigenvalue weighted by atomic mass is 9.89. The van der Waals surface area contributed by atoms with E-state index in [1.165, 1.54) is 12.1 Å². The third-order valence-electron chi connectivity index (χ3n) is 4.35. The van der Waals surface area contributed by atoms with Crippen LogP contribution in [0.5, 0.6) is 5.75 Å². The van der Waals surface area contributed by atoms with E-state index in [4.69, 9.17) is 4.74 Å². The van der Waals surface area contributed by atoms with Crippen molar-refractivity contribution < 1.29 is 18.7 Å². The number of nitrogens with zero attached hydrogens (tertiary/aromatic N) is 1. The summed E-state index contributed by atoms with van der Waals surface area (Å²) < 4.78 is 19.0. The molecule has 6 heteroatoms. The first kappa shape index (κ1) is 14.7. The maximum atomic E-state index is 13.4. The van der Waals surface area contributed by atoms with Gasteiger partial charge in [0, 0.05) is 12.1 Å². The lowest BCUT2D eigenvalue weighted by molar-refractivity contribution is -0.124. The number of benzene rings is 2. The fraction of sp³-hybridized carbons (Fsp3) is 0.222. The van der Waals surface area contributed by atoms with Crippen LogP contribution in [0.15, 0.2) is 42.5 Å². The van der Waals surface area contributed by atoms with Crippen LogP contribution in [0, 0.1) is 5.82 Å². The molecule has 0 bridgehead atoms. The number of fused-ring (bicyclic) bond motifs is 2. The topological polar surface area (TPSA) is 58.6 Å². The maximum absolute atomic E-state index is 13.4. The molecular formula is C18H15FN2O3. The highest BCUT2D eigenvalue weighted by molar-refractivity contribution is 6.06. The minimum atomic E-state index is -0.625. The van der Waals surface area contributed by atoms with Gasteiger partial charge in [0.05, 0.1) is 18.2 Å². The van der Waals surface area contributed by atoms with Crippen molar-refractivity contribution in [1.82, 2.24) is 0 Å². The summed E-state index contributed by atoms with van der Waals surface area (Å²) >= 11 is 0. The Morgan fingerprint density at radius 1 is 1.25 bits per heavy atom. The molecule has 122 valence electrons. The smallest absolute Gasteiger partial charge is 0.235 e. The Morgan fingerprint density at radius 3 is 2.96 bits per heavy atom. The van der Waals surface area contributed by atoms with Crippen molar-refractivity contribution in [2.45, 2.75) is 12.3 Å². The lowest BCUT2D eigenvalue weighted by Gasteiger charge is -2.34. The molecule has 5 nitrogen and oxygen atoms in total. The van der Waals surface area contributed by atoms with Crippen molar-refractivity contribution in [1.29, 1.82) is 0 Å². The monoisotopic (exact) mass is 326 g/mol. The predicted molar refractivity (Wildman–Crippen MR) is 86.7 cm³/mol. The number of amides is 2. The molecule has 1 atom stereocenters. The highest BCUT2D eigenvalue weighted by Crippen LogP contribution is 2.38. The number of para-hydroxylation sites is 2. The Kier molecular flexibility index (Phi) is 3.45. The summed E-state index contributed by atoms with van der Waals surface area (Å²) in [7, 11) is 0. The molecule has 4 rings (SSSR count). The number of hydrogen-bond acceptors (Lipinski definition) is 3. The molecule has 0 aromatic heterocycles. The van der Waals surface area contributed by atoms with Gasteiger partial charge in [-0.2, -0.15) is 0 Å². The molecule has 2 aliphatic rings. The standard InChI is InChI=1S/C18H15FN2O3/c19-11-5-6-12-13(10-17(22)20-14(12)9-11)18(23)21-7-8-24-16-4-2-1-3-15(16)21/h1-6,9,13H,7-8,10H2,(H,20,22)/t13-/m1/s1. The molecule has 0 radical (unpaired) electrons. The first-order chi connectivity index (χ1) is 11.6. The molecule has 0 aliphatic carbocycles. The SMILES string of the molecule is O=C1C[C@@H](C(=O)N2CCOc3ccccc32)c2ccc(F)cc2N1. The van der Waals surface area contributed by atoms with Crippen LogP contribution in [0.1, 0.15) is 17.9 Å². The van der Waals surface area contributed by atoms with Crippen LogP contribution in [-0.2, 0) is 9.59 Å². The van der Waals surface area contributed by atoms with Crippen LogP contribution in [0.2, 0.25) is 0 Å². The number of hydrogen-bond donors (Lipinski definition) is 1. The van der Waals surface area contributed by atoms with Crippen molar-refractivity contribution in [2.24, 2.45) is 0 Å². The zero-order valence-electron chi connectivity index (χ0n) is 12.8. The molecule has 0 spiro atoms. The molecule has 0 unspecified atom stereocenters. The van der Waals surface area contributed by atoms with E-state index < -0.39 is 11.7 Å². The lowest BCUT2D eigenvalue weighted by Crippen LogP contribution is -2.42. The molecule has 2 heterocycles. The summed E-state index contributed by atoms with van der Waals surface area (Å²) in [5.74, 6) is -0.877. The second-order valence-corrected chi connectivity index (χ2v) is 5.84. The van der Waals surface area contributed by atoms with Crippen molar-refractivity contribution in [2.75, 3.05) is 23.4 Å². The molecule has 0 saturated heterocycles. The van der Waals surface area contributed by atoms with E-state index in [2.05, 4.69) is 5.32 Å². The minimum absolute atomic E-state index is 0.0526. The summed E-state index contributed by atoms with van der Waals surface area (Å²) in [5.41, 5.74) is 1.71. The molecule has 0 saturated carbocycles. The summed E-state index contributed by atoms with van der Waals surface area (Å²) in [5, 5.41) is 2.63. The number of halogens is 1. The van der Waals surface area contributed by atoms with Gasteiger partial charge in [0.1, 0.15) is 18.2 Å². The average Bonchev–Trinajstić information content (AvgIpc) is 2.59. The van der Waals surface area contributed by atoms with Crippen LogP contribution in [0.3, 0.4) is 0 Å². The van der Waals surface area contributed by atoms with Gasteiger partial charge >= 0.3 is 0 Å². The normalized spacial score (nSPS) is 19.0. The molecule has 0 fully saturated rings. The quantitative estimate of drug-likeness (QED) is 0.876. The van der Waals surface area contributed by atoms with E-state index in [1.807, 2.05) is 24.3 Å². The van der Waals surface area contributed by atoms with Crippen LogP contribution >= 0.6 is 0 Å². The number of ether oxygens (including phenoxy) is 1. The molecule has 2 aromatic rings. The zero-order chi connectivity index (χ0) is 16.7. The Labute approximate surface area is 138 Å². The number of carbonyl (C=O) groups is 2. The van der Waals surface area contributed by atoms with Gasteiger partial charge in [-0.15, -0.1) is 0 Å². The Balaban J connectivity index is 1.73. The van der Waals surface area contributed by atoms with Crippen LogP contribution < -0.4 is 15.0 Å². The Bertz CT molecular complexity index is 837. The van der Waals surface area contributed by atoms with Crippen molar-refractivity contribution in [3.05, 3.63) is 53.8 Å². The van der Waals surface area contributed by atoms with E-state index in [9.17, 15) is 14.0 Å². The van der Waals surface area contributed by atoms with E-state index in [-0.39, 0.29) is 18.2 Å². The average molecular weight is 326 g/mol. The Hall–Kier alpha value is -2.89. The van der Waals surface area contributed by atoms with E-state index in [1.54, 1.807) is 11.0 Å². The molecule has 24 heavy (non-hydrogen) atoms. The van der Waals surface area contributed by atoms with E-state index in [0.29, 0.717) is 35.8 Å². The largest absolute Gasteiger partial charge is 0.490 e. The van der Waals surface area contributed by atoms with Crippen molar-refractivity contribution >= 4 is 23.2 Å². The third-order valence-corrected chi connectivity index (χ3v) is 4.35. The van der Waals surface area contributed by atoms with Crippen molar-refractivity contribution in [3.8, 4) is 5.75 Å². The van der Waals surface area contributed by atoms with E-state index in [0.717, 1.165) is 0 Å². The minimum Gasteiger partial charge on any atom is -0.490 e. The summed E-state index contributed by atoms with van der Waals surface area (Å²) in [6, 6.07) is 11.4. The number of nitrogens with one attached hydrogen (secondary N) is 1. The molecular weight excluding hydrogens is 311 g/mol.